The van der Waals surface area contributed by atoms with Gasteiger partial charge >= 0.3 is 0 Å². The number of aryl methyl sites for hydroxylation is 1. The van der Waals surface area contributed by atoms with E-state index in [1.54, 1.807) is 19.3 Å². The maximum absolute atomic E-state index is 12.1. The minimum atomic E-state index is -0.402. The molecular weight excluding hydrogens is 326 g/mol. The standard InChI is InChI=1S/C18H23N3O2.ClH/c1-12(2)13-6-8-14(9-7-13)16(19)11-20-17(22)15-5-4-10-21(3)18(15)23;/h4-10,12,16H,11,19H2,1-3H3,(H,20,22);1H. The van der Waals surface area contributed by atoms with Crippen molar-refractivity contribution >= 4 is 18.3 Å². The molecule has 1 unspecified atom stereocenters. The quantitative estimate of drug-likeness (QED) is 0.869. The molecule has 1 atom stereocenters. The number of hydrogen-bond acceptors (Lipinski definition) is 3. The van der Waals surface area contributed by atoms with Crippen LogP contribution in [0.25, 0.3) is 0 Å². The lowest BCUT2D eigenvalue weighted by atomic mass is 9.99. The van der Waals surface area contributed by atoms with Gasteiger partial charge in [-0.2, -0.15) is 0 Å². The second-order valence-corrected chi connectivity index (χ2v) is 5.98. The molecule has 0 saturated heterocycles. The number of nitrogens with one attached hydrogen (secondary N) is 1. The van der Waals surface area contributed by atoms with Crippen LogP contribution in [0.2, 0.25) is 0 Å². The van der Waals surface area contributed by atoms with E-state index < -0.39 is 5.91 Å². The van der Waals surface area contributed by atoms with Crippen molar-refractivity contribution in [3.8, 4) is 0 Å². The Morgan fingerprint density at radius 3 is 2.33 bits per heavy atom. The summed E-state index contributed by atoms with van der Waals surface area (Å²) in [4.78, 5) is 24.0. The number of nitrogens with zero attached hydrogens (tertiary/aromatic N) is 1. The highest BCUT2D eigenvalue weighted by atomic mass is 35.5. The third-order valence-electron chi connectivity index (χ3n) is 3.88. The number of hydrogen-bond donors (Lipinski definition) is 2. The van der Waals surface area contributed by atoms with Gasteiger partial charge in [-0.05, 0) is 29.2 Å². The topological polar surface area (TPSA) is 77.1 Å². The lowest BCUT2D eigenvalue weighted by Crippen LogP contribution is -2.36. The zero-order valence-electron chi connectivity index (χ0n) is 14.2. The molecule has 1 amide bonds. The van der Waals surface area contributed by atoms with Crippen LogP contribution in [0.15, 0.2) is 47.4 Å². The normalized spacial score (nSPS) is 11.7. The van der Waals surface area contributed by atoms with Crippen molar-refractivity contribution in [2.24, 2.45) is 12.8 Å². The maximum Gasteiger partial charge on any atom is 0.263 e. The Morgan fingerprint density at radius 2 is 1.75 bits per heavy atom. The molecule has 3 N–H and O–H groups in total. The third-order valence-corrected chi connectivity index (χ3v) is 3.88. The summed E-state index contributed by atoms with van der Waals surface area (Å²) in [6.07, 6.45) is 1.61. The molecule has 0 radical (unpaired) electrons. The zero-order chi connectivity index (χ0) is 17.0. The van der Waals surface area contributed by atoms with Gasteiger partial charge in [0.2, 0.25) is 0 Å². The molecule has 0 aliphatic rings. The summed E-state index contributed by atoms with van der Waals surface area (Å²) in [5.41, 5.74) is 8.12. The zero-order valence-corrected chi connectivity index (χ0v) is 15.0. The molecular formula is C18H24ClN3O2. The van der Waals surface area contributed by atoms with E-state index in [9.17, 15) is 9.59 Å². The lowest BCUT2D eigenvalue weighted by molar-refractivity contribution is 0.0949. The molecule has 5 nitrogen and oxygen atoms in total. The molecule has 0 saturated carbocycles. The Labute approximate surface area is 148 Å². The van der Waals surface area contributed by atoms with Crippen molar-refractivity contribution in [2.75, 3.05) is 6.54 Å². The molecule has 0 aliphatic carbocycles. The fourth-order valence-corrected chi connectivity index (χ4v) is 2.31. The Morgan fingerprint density at radius 1 is 1.17 bits per heavy atom. The molecule has 1 aromatic carbocycles. The predicted octanol–water partition coefficient (Wildman–Crippen LogP) is 2.36. The summed E-state index contributed by atoms with van der Waals surface area (Å²) in [5, 5.41) is 2.73. The molecule has 0 spiro atoms. The van der Waals surface area contributed by atoms with Gasteiger partial charge in [0.25, 0.3) is 11.5 Å². The van der Waals surface area contributed by atoms with Crippen LogP contribution in [0.1, 0.15) is 47.3 Å². The van der Waals surface area contributed by atoms with Crippen molar-refractivity contribution in [1.82, 2.24) is 9.88 Å². The predicted molar refractivity (Wildman–Crippen MR) is 98.7 cm³/mol. The summed E-state index contributed by atoms with van der Waals surface area (Å²) in [6.45, 7) is 4.54. The van der Waals surface area contributed by atoms with Crippen LogP contribution < -0.4 is 16.6 Å². The lowest BCUT2D eigenvalue weighted by Gasteiger charge is -2.14. The monoisotopic (exact) mass is 349 g/mol. The number of aromatic nitrogens is 1. The first-order chi connectivity index (χ1) is 10.9. The van der Waals surface area contributed by atoms with Crippen molar-refractivity contribution in [1.29, 1.82) is 0 Å². The molecule has 0 fully saturated rings. The summed E-state index contributed by atoms with van der Waals surface area (Å²) >= 11 is 0. The Kier molecular flexibility index (Phi) is 7.19. The van der Waals surface area contributed by atoms with Crippen LogP contribution in [0.3, 0.4) is 0 Å². The van der Waals surface area contributed by atoms with Gasteiger partial charge in [-0.1, -0.05) is 38.1 Å². The second kappa shape index (κ2) is 8.66. The van der Waals surface area contributed by atoms with Gasteiger partial charge in [0, 0.05) is 25.8 Å². The average Bonchev–Trinajstić information content (AvgIpc) is 2.55. The van der Waals surface area contributed by atoms with Crippen LogP contribution in [0, 0.1) is 0 Å². The van der Waals surface area contributed by atoms with Gasteiger partial charge in [-0.25, -0.2) is 0 Å². The van der Waals surface area contributed by atoms with Gasteiger partial charge in [-0.15, -0.1) is 12.4 Å². The van der Waals surface area contributed by atoms with Crippen LogP contribution in [0.5, 0.6) is 0 Å². The number of halogens is 1. The number of rotatable bonds is 5. The minimum absolute atomic E-state index is 0. The highest BCUT2D eigenvalue weighted by molar-refractivity contribution is 5.93. The van der Waals surface area contributed by atoms with E-state index in [0.717, 1.165) is 5.56 Å². The summed E-state index contributed by atoms with van der Waals surface area (Å²) < 4.78 is 1.37. The van der Waals surface area contributed by atoms with E-state index in [1.807, 2.05) is 12.1 Å². The summed E-state index contributed by atoms with van der Waals surface area (Å²) in [7, 11) is 1.61. The molecule has 2 aromatic rings. The minimum Gasteiger partial charge on any atom is -0.350 e. The van der Waals surface area contributed by atoms with E-state index >= 15 is 0 Å². The van der Waals surface area contributed by atoms with Crippen molar-refractivity contribution in [2.45, 2.75) is 25.8 Å². The Bertz CT molecular complexity index is 739. The number of amides is 1. The molecule has 2 rings (SSSR count). The van der Waals surface area contributed by atoms with Gasteiger partial charge in [0.1, 0.15) is 5.56 Å². The van der Waals surface area contributed by atoms with Crippen LogP contribution >= 0.6 is 12.4 Å². The molecule has 6 heteroatoms. The largest absolute Gasteiger partial charge is 0.350 e. The highest BCUT2D eigenvalue weighted by Gasteiger charge is 2.13. The molecule has 1 aromatic heterocycles. The van der Waals surface area contributed by atoms with E-state index in [2.05, 4.69) is 31.3 Å². The SMILES string of the molecule is CC(C)c1ccc(C(N)CNC(=O)c2cccn(C)c2=O)cc1.Cl. The fourth-order valence-electron chi connectivity index (χ4n) is 2.31. The molecule has 0 bridgehead atoms. The number of nitrogens with two attached hydrogens (primary N) is 1. The third kappa shape index (κ3) is 4.69. The molecule has 0 aliphatic heterocycles. The first-order valence-corrected chi connectivity index (χ1v) is 7.69. The molecule has 1 heterocycles. The van der Waals surface area contributed by atoms with Gasteiger partial charge < -0.3 is 15.6 Å². The van der Waals surface area contributed by atoms with E-state index in [0.29, 0.717) is 5.92 Å². The molecule has 24 heavy (non-hydrogen) atoms. The van der Waals surface area contributed by atoms with Crippen LogP contribution in [0.4, 0.5) is 0 Å². The highest BCUT2D eigenvalue weighted by Crippen LogP contribution is 2.17. The van der Waals surface area contributed by atoms with E-state index in [1.165, 1.54) is 16.2 Å². The van der Waals surface area contributed by atoms with Crippen LogP contribution in [-0.4, -0.2) is 17.0 Å². The summed E-state index contributed by atoms with van der Waals surface area (Å²) in [5.74, 6) is 0.0646. The summed E-state index contributed by atoms with van der Waals surface area (Å²) in [6, 6.07) is 10.9. The van der Waals surface area contributed by atoms with Crippen LogP contribution in [-0.2, 0) is 7.05 Å². The van der Waals surface area contributed by atoms with Crippen molar-refractivity contribution in [3.63, 3.8) is 0 Å². The Balaban J connectivity index is 0.00000288. The fraction of sp³-hybridized carbons (Fsp3) is 0.333. The van der Waals surface area contributed by atoms with Crippen molar-refractivity contribution < 1.29 is 4.79 Å². The van der Waals surface area contributed by atoms with Gasteiger partial charge in [-0.3, -0.25) is 9.59 Å². The van der Waals surface area contributed by atoms with Gasteiger partial charge in [0.05, 0.1) is 0 Å². The number of carbonyl (C=O) groups excluding carboxylic acids is 1. The van der Waals surface area contributed by atoms with E-state index in [-0.39, 0.29) is 36.1 Å². The first-order valence-electron chi connectivity index (χ1n) is 7.69. The average molecular weight is 350 g/mol. The van der Waals surface area contributed by atoms with E-state index in [4.69, 9.17) is 5.73 Å². The number of pyridine rings is 1. The maximum atomic E-state index is 12.1. The van der Waals surface area contributed by atoms with Crippen molar-refractivity contribution in [3.05, 3.63) is 69.6 Å². The molecule has 130 valence electrons. The number of carbonyl (C=O) groups is 1. The number of benzene rings is 1. The first kappa shape index (κ1) is 19.9. The second-order valence-electron chi connectivity index (χ2n) is 5.98. The Hall–Kier alpha value is -2.11. The smallest absolute Gasteiger partial charge is 0.263 e. The van der Waals surface area contributed by atoms with Gasteiger partial charge in [0.15, 0.2) is 0 Å².